The van der Waals surface area contributed by atoms with Crippen molar-refractivity contribution in [1.82, 2.24) is 9.97 Å². The third kappa shape index (κ3) is 4.84. The lowest BCUT2D eigenvalue weighted by atomic mass is 10.2. The molecule has 0 radical (unpaired) electrons. The molecule has 0 spiro atoms. The molecule has 7 heteroatoms. The molecule has 0 aliphatic rings. The summed E-state index contributed by atoms with van der Waals surface area (Å²) >= 11 is 0. The number of halogens is 2. The molecule has 3 aromatic rings. The van der Waals surface area contributed by atoms with Crippen LogP contribution in [0, 0.1) is 25.5 Å². The van der Waals surface area contributed by atoms with Crippen LogP contribution in [0.2, 0.25) is 0 Å². The number of benzene rings is 2. The molecule has 5 nitrogen and oxygen atoms in total. The van der Waals surface area contributed by atoms with Crippen LogP contribution in [-0.4, -0.2) is 22.5 Å². The molecule has 0 saturated carbocycles. The van der Waals surface area contributed by atoms with E-state index in [2.05, 4.69) is 15.3 Å². The number of amides is 1. The Balaban J connectivity index is 1.68. The zero-order valence-corrected chi connectivity index (χ0v) is 14.8. The molecule has 0 aliphatic carbocycles. The first-order chi connectivity index (χ1) is 12.9. The van der Waals surface area contributed by atoms with Gasteiger partial charge in [-0.15, -0.1) is 0 Å². The Morgan fingerprint density at radius 2 is 1.78 bits per heavy atom. The van der Waals surface area contributed by atoms with Crippen molar-refractivity contribution in [2.75, 3.05) is 11.9 Å². The summed E-state index contributed by atoms with van der Waals surface area (Å²) in [6.07, 6.45) is 0. The Hall–Kier alpha value is -3.35. The molecule has 2 aromatic carbocycles. The number of hydrogen-bond acceptors (Lipinski definition) is 4. The van der Waals surface area contributed by atoms with E-state index in [1.807, 2.05) is 0 Å². The van der Waals surface area contributed by atoms with E-state index >= 15 is 0 Å². The van der Waals surface area contributed by atoms with Crippen molar-refractivity contribution in [3.05, 3.63) is 71.4 Å². The first-order valence-electron chi connectivity index (χ1n) is 8.21. The topological polar surface area (TPSA) is 64.1 Å². The van der Waals surface area contributed by atoms with Crippen LogP contribution < -0.4 is 10.1 Å². The molecule has 3 rings (SSSR count). The van der Waals surface area contributed by atoms with Crippen molar-refractivity contribution >= 4 is 11.6 Å². The molecule has 1 heterocycles. The van der Waals surface area contributed by atoms with Crippen molar-refractivity contribution in [3.8, 4) is 17.3 Å². The van der Waals surface area contributed by atoms with Crippen LogP contribution >= 0.6 is 0 Å². The SMILES string of the molecule is Cc1ccc(NC(=O)COc2cc(C)nc(-c3ccc(F)cc3)n2)c(F)c1. The number of rotatable bonds is 5. The summed E-state index contributed by atoms with van der Waals surface area (Å²) in [6.45, 7) is 3.17. The lowest BCUT2D eigenvalue weighted by Crippen LogP contribution is -2.21. The zero-order chi connectivity index (χ0) is 19.4. The van der Waals surface area contributed by atoms with Crippen LogP contribution in [0.1, 0.15) is 11.3 Å². The lowest BCUT2D eigenvalue weighted by Gasteiger charge is -2.10. The van der Waals surface area contributed by atoms with Gasteiger partial charge in [-0.3, -0.25) is 4.79 Å². The van der Waals surface area contributed by atoms with Crippen LogP contribution in [0.5, 0.6) is 5.88 Å². The highest BCUT2D eigenvalue weighted by Gasteiger charge is 2.10. The smallest absolute Gasteiger partial charge is 0.262 e. The monoisotopic (exact) mass is 369 g/mol. The molecular weight excluding hydrogens is 352 g/mol. The molecule has 1 aromatic heterocycles. The summed E-state index contributed by atoms with van der Waals surface area (Å²) < 4.78 is 32.3. The van der Waals surface area contributed by atoms with Crippen LogP contribution in [0.15, 0.2) is 48.5 Å². The average Bonchev–Trinajstić information content (AvgIpc) is 2.62. The van der Waals surface area contributed by atoms with Crippen molar-refractivity contribution in [1.29, 1.82) is 0 Å². The van der Waals surface area contributed by atoms with E-state index in [-0.39, 0.29) is 24.0 Å². The summed E-state index contributed by atoms with van der Waals surface area (Å²) in [5.41, 5.74) is 2.09. The van der Waals surface area contributed by atoms with E-state index in [1.54, 1.807) is 38.1 Å². The normalized spacial score (nSPS) is 10.5. The molecule has 1 N–H and O–H groups in total. The number of hydrogen-bond donors (Lipinski definition) is 1. The third-order valence-corrected chi connectivity index (χ3v) is 3.68. The van der Waals surface area contributed by atoms with Gasteiger partial charge in [-0.2, -0.15) is 4.98 Å². The van der Waals surface area contributed by atoms with Crippen molar-refractivity contribution in [2.24, 2.45) is 0 Å². The van der Waals surface area contributed by atoms with Gasteiger partial charge in [0.2, 0.25) is 5.88 Å². The van der Waals surface area contributed by atoms with Gasteiger partial charge < -0.3 is 10.1 Å². The van der Waals surface area contributed by atoms with Gasteiger partial charge in [0, 0.05) is 17.3 Å². The molecule has 0 saturated heterocycles. The second-order valence-electron chi connectivity index (χ2n) is 6.00. The van der Waals surface area contributed by atoms with Gasteiger partial charge >= 0.3 is 0 Å². The highest BCUT2D eigenvalue weighted by atomic mass is 19.1. The quantitative estimate of drug-likeness (QED) is 0.737. The Morgan fingerprint density at radius 3 is 2.48 bits per heavy atom. The number of nitrogens with one attached hydrogen (secondary N) is 1. The minimum Gasteiger partial charge on any atom is -0.467 e. The summed E-state index contributed by atoms with van der Waals surface area (Å²) in [5.74, 6) is -0.837. The highest BCUT2D eigenvalue weighted by Crippen LogP contribution is 2.20. The number of anilines is 1. The van der Waals surface area contributed by atoms with E-state index < -0.39 is 11.7 Å². The summed E-state index contributed by atoms with van der Waals surface area (Å²) in [7, 11) is 0. The van der Waals surface area contributed by atoms with Gasteiger partial charge in [-0.05, 0) is 55.8 Å². The molecule has 0 unspecified atom stereocenters. The van der Waals surface area contributed by atoms with Gasteiger partial charge in [-0.25, -0.2) is 13.8 Å². The third-order valence-electron chi connectivity index (χ3n) is 3.68. The summed E-state index contributed by atoms with van der Waals surface area (Å²) in [6, 6.07) is 11.8. The minimum atomic E-state index is -0.516. The average molecular weight is 369 g/mol. The van der Waals surface area contributed by atoms with Gasteiger partial charge in [0.25, 0.3) is 5.91 Å². The van der Waals surface area contributed by atoms with Gasteiger partial charge in [0.05, 0.1) is 5.69 Å². The Bertz CT molecular complexity index is 975. The minimum absolute atomic E-state index is 0.0834. The first kappa shape index (κ1) is 18.4. The number of nitrogens with zero attached hydrogens (tertiary/aromatic N) is 2. The fourth-order valence-electron chi connectivity index (χ4n) is 2.39. The first-order valence-corrected chi connectivity index (χ1v) is 8.21. The molecule has 138 valence electrons. The molecule has 0 fully saturated rings. The number of aromatic nitrogens is 2. The second kappa shape index (κ2) is 7.90. The standard InChI is InChI=1S/C20H17F2N3O2/c1-12-3-8-17(16(22)9-12)24-18(26)11-27-19-10-13(2)23-20(25-19)14-4-6-15(21)7-5-14/h3-10H,11H2,1-2H3,(H,24,26). The van der Waals surface area contributed by atoms with E-state index in [4.69, 9.17) is 4.74 Å². The predicted molar refractivity (Wildman–Crippen MR) is 97.4 cm³/mol. The Labute approximate surface area is 155 Å². The fourth-order valence-corrected chi connectivity index (χ4v) is 2.39. The number of aryl methyl sites for hydroxylation is 2. The molecule has 0 bridgehead atoms. The van der Waals surface area contributed by atoms with Crippen LogP contribution in [0.25, 0.3) is 11.4 Å². The van der Waals surface area contributed by atoms with Crippen molar-refractivity contribution in [2.45, 2.75) is 13.8 Å². The van der Waals surface area contributed by atoms with E-state index in [0.717, 1.165) is 5.56 Å². The zero-order valence-electron chi connectivity index (χ0n) is 14.8. The maximum atomic E-state index is 13.8. The largest absolute Gasteiger partial charge is 0.467 e. The molecular formula is C20H17F2N3O2. The van der Waals surface area contributed by atoms with E-state index in [1.165, 1.54) is 24.3 Å². The van der Waals surface area contributed by atoms with Gasteiger partial charge in [0.15, 0.2) is 12.4 Å². The highest BCUT2D eigenvalue weighted by molar-refractivity contribution is 5.92. The number of carbonyl (C=O) groups is 1. The number of ether oxygens (including phenoxy) is 1. The number of carbonyl (C=O) groups excluding carboxylic acids is 1. The maximum absolute atomic E-state index is 13.8. The summed E-state index contributed by atoms with van der Waals surface area (Å²) in [5, 5.41) is 2.45. The van der Waals surface area contributed by atoms with Crippen molar-refractivity contribution in [3.63, 3.8) is 0 Å². The van der Waals surface area contributed by atoms with Crippen LogP contribution in [-0.2, 0) is 4.79 Å². The second-order valence-corrected chi connectivity index (χ2v) is 6.00. The Morgan fingerprint density at radius 1 is 1.04 bits per heavy atom. The Kier molecular flexibility index (Phi) is 5.40. The van der Waals surface area contributed by atoms with E-state index in [9.17, 15) is 13.6 Å². The van der Waals surface area contributed by atoms with Crippen LogP contribution in [0.3, 0.4) is 0 Å². The molecule has 0 atom stereocenters. The predicted octanol–water partition coefficient (Wildman–Crippen LogP) is 4.06. The van der Waals surface area contributed by atoms with E-state index in [0.29, 0.717) is 17.1 Å². The fraction of sp³-hybridized carbons (Fsp3) is 0.150. The maximum Gasteiger partial charge on any atom is 0.262 e. The lowest BCUT2D eigenvalue weighted by molar-refractivity contribution is -0.118. The van der Waals surface area contributed by atoms with Gasteiger partial charge in [0.1, 0.15) is 11.6 Å². The molecule has 0 aliphatic heterocycles. The van der Waals surface area contributed by atoms with Gasteiger partial charge in [-0.1, -0.05) is 6.07 Å². The summed E-state index contributed by atoms with van der Waals surface area (Å²) in [4.78, 5) is 20.5. The van der Waals surface area contributed by atoms with Crippen LogP contribution in [0.4, 0.5) is 14.5 Å². The molecule has 1 amide bonds. The molecule has 27 heavy (non-hydrogen) atoms. The van der Waals surface area contributed by atoms with Crippen molar-refractivity contribution < 1.29 is 18.3 Å².